The maximum absolute atomic E-state index is 11.8. The van der Waals surface area contributed by atoms with Crippen molar-refractivity contribution >= 4 is 11.7 Å². The van der Waals surface area contributed by atoms with Gasteiger partial charge >= 0.3 is 0 Å². The van der Waals surface area contributed by atoms with Crippen molar-refractivity contribution in [2.75, 3.05) is 13.6 Å². The molecule has 1 atom stereocenters. The summed E-state index contributed by atoms with van der Waals surface area (Å²) >= 11 is 0. The van der Waals surface area contributed by atoms with Gasteiger partial charge in [-0.15, -0.1) is 0 Å². The fourth-order valence-electron chi connectivity index (χ4n) is 1.08. The first-order chi connectivity index (χ1) is 6.90. The molecule has 15 heavy (non-hydrogen) atoms. The molecule has 5 heteroatoms. The lowest BCUT2D eigenvalue weighted by Gasteiger charge is -2.23. The van der Waals surface area contributed by atoms with Gasteiger partial charge in [-0.05, 0) is 5.92 Å². The van der Waals surface area contributed by atoms with Crippen LogP contribution in [-0.4, -0.2) is 35.4 Å². The second-order valence-corrected chi connectivity index (χ2v) is 4.13. The van der Waals surface area contributed by atoms with E-state index in [2.05, 4.69) is 5.16 Å². The first-order valence-corrected chi connectivity index (χ1v) is 5.11. The minimum absolute atomic E-state index is 0.00212. The molecule has 0 bridgehead atoms. The van der Waals surface area contributed by atoms with Gasteiger partial charge in [0.15, 0.2) is 0 Å². The van der Waals surface area contributed by atoms with E-state index in [0.717, 1.165) is 0 Å². The molecule has 0 aromatic heterocycles. The van der Waals surface area contributed by atoms with Crippen LogP contribution < -0.4 is 5.73 Å². The fourth-order valence-corrected chi connectivity index (χ4v) is 1.08. The molecule has 0 spiro atoms. The Bertz CT molecular complexity index is 239. The van der Waals surface area contributed by atoms with E-state index < -0.39 is 0 Å². The van der Waals surface area contributed by atoms with E-state index in [1.807, 2.05) is 20.8 Å². The molecule has 3 N–H and O–H groups in total. The molecule has 5 nitrogen and oxygen atoms in total. The molecule has 0 saturated carbocycles. The highest BCUT2D eigenvalue weighted by atomic mass is 16.4. The molecule has 0 radical (unpaired) electrons. The van der Waals surface area contributed by atoms with Crippen molar-refractivity contribution in [2.45, 2.75) is 27.2 Å². The number of hydrogen-bond donors (Lipinski definition) is 2. The summed E-state index contributed by atoms with van der Waals surface area (Å²) in [6.45, 7) is 6.42. The number of hydrogen-bond acceptors (Lipinski definition) is 3. The normalized spacial score (nSPS) is 14.1. The van der Waals surface area contributed by atoms with Crippen LogP contribution in [0.25, 0.3) is 0 Å². The summed E-state index contributed by atoms with van der Waals surface area (Å²) in [4.78, 5) is 13.4. The predicted molar refractivity (Wildman–Crippen MR) is 59.7 cm³/mol. The maximum atomic E-state index is 11.8. The molecule has 0 aromatic rings. The maximum Gasteiger partial charge on any atom is 0.225 e. The molecule has 1 unspecified atom stereocenters. The van der Waals surface area contributed by atoms with E-state index in [4.69, 9.17) is 10.9 Å². The molecule has 0 saturated heterocycles. The lowest BCUT2D eigenvalue weighted by Crippen LogP contribution is -2.36. The highest BCUT2D eigenvalue weighted by molar-refractivity contribution is 5.82. The zero-order valence-corrected chi connectivity index (χ0v) is 9.90. The van der Waals surface area contributed by atoms with Crippen LogP contribution in [0.5, 0.6) is 0 Å². The number of carbonyl (C=O) groups excluding carboxylic acids is 1. The lowest BCUT2D eigenvalue weighted by atomic mass is 9.97. The van der Waals surface area contributed by atoms with Crippen molar-refractivity contribution in [3.63, 3.8) is 0 Å². The average molecular weight is 215 g/mol. The molecule has 0 aliphatic heterocycles. The Morgan fingerprint density at radius 2 is 2.00 bits per heavy atom. The Morgan fingerprint density at radius 3 is 2.40 bits per heavy atom. The molecule has 0 aromatic carbocycles. The smallest absolute Gasteiger partial charge is 0.225 e. The first-order valence-electron chi connectivity index (χ1n) is 5.11. The van der Waals surface area contributed by atoms with E-state index in [1.54, 1.807) is 11.9 Å². The molecular weight excluding hydrogens is 194 g/mol. The molecule has 0 fully saturated rings. The van der Waals surface area contributed by atoms with Crippen LogP contribution >= 0.6 is 0 Å². The van der Waals surface area contributed by atoms with Gasteiger partial charge in [0.05, 0.1) is 0 Å². The Balaban J connectivity index is 4.10. The summed E-state index contributed by atoms with van der Waals surface area (Å²) in [6, 6.07) is 0. The number of rotatable bonds is 5. The highest BCUT2D eigenvalue weighted by Crippen LogP contribution is 2.12. The zero-order chi connectivity index (χ0) is 12.0. The largest absolute Gasteiger partial charge is 0.409 e. The fraction of sp³-hybridized carbons (Fsp3) is 0.800. The van der Waals surface area contributed by atoms with E-state index in [-0.39, 0.29) is 17.7 Å². The number of amidine groups is 1. The lowest BCUT2D eigenvalue weighted by molar-refractivity contribution is -0.134. The topological polar surface area (TPSA) is 78.9 Å². The minimum Gasteiger partial charge on any atom is -0.409 e. The molecule has 0 heterocycles. The van der Waals surface area contributed by atoms with E-state index in [9.17, 15) is 4.79 Å². The summed E-state index contributed by atoms with van der Waals surface area (Å²) in [7, 11) is 1.73. The highest BCUT2D eigenvalue weighted by Gasteiger charge is 2.20. The van der Waals surface area contributed by atoms with Gasteiger partial charge in [-0.25, -0.2) is 0 Å². The summed E-state index contributed by atoms with van der Waals surface area (Å²) in [5.41, 5.74) is 5.32. The van der Waals surface area contributed by atoms with Gasteiger partial charge in [0.25, 0.3) is 0 Å². The van der Waals surface area contributed by atoms with Gasteiger partial charge in [0, 0.05) is 25.9 Å². The molecule has 0 aliphatic carbocycles. The van der Waals surface area contributed by atoms with Crippen LogP contribution in [0, 0.1) is 11.8 Å². The van der Waals surface area contributed by atoms with E-state index in [1.165, 1.54) is 0 Å². The van der Waals surface area contributed by atoms with Crippen LogP contribution in [0.2, 0.25) is 0 Å². The van der Waals surface area contributed by atoms with Gasteiger partial charge < -0.3 is 15.8 Å². The van der Waals surface area contributed by atoms with Crippen molar-refractivity contribution in [1.29, 1.82) is 0 Å². The number of amides is 1. The van der Waals surface area contributed by atoms with Gasteiger partial charge in [-0.2, -0.15) is 0 Å². The van der Waals surface area contributed by atoms with Gasteiger partial charge in [0.2, 0.25) is 5.91 Å². The predicted octanol–water partition coefficient (Wildman–Crippen LogP) is 0.873. The molecular formula is C10H21N3O2. The SMILES string of the molecule is CC(C)C(C)C(=O)N(C)CCC(N)=NO. The summed E-state index contributed by atoms with van der Waals surface area (Å²) in [5, 5.41) is 11.2. The van der Waals surface area contributed by atoms with Crippen LogP contribution in [0.15, 0.2) is 5.16 Å². The summed E-state index contributed by atoms with van der Waals surface area (Å²) < 4.78 is 0. The number of oxime groups is 1. The van der Waals surface area contributed by atoms with E-state index in [0.29, 0.717) is 18.9 Å². The van der Waals surface area contributed by atoms with Crippen molar-refractivity contribution in [3.8, 4) is 0 Å². The summed E-state index contributed by atoms with van der Waals surface area (Å²) in [6.07, 6.45) is 0.392. The van der Waals surface area contributed by atoms with Gasteiger partial charge in [-0.1, -0.05) is 25.9 Å². The number of nitrogens with two attached hydrogens (primary N) is 1. The van der Waals surface area contributed by atoms with Crippen molar-refractivity contribution < 1.29 is 10.0 Å². The molecule has 88 valence electrons. The second-order valence-electron chi connectivity index (χ2n) is 4.13. The van der Waals surface area contributed by atoms with Crippen LogP contribution in [0.4, 0.5) is 0 Å². The Kier molecular flexibility index (Phi) is 5.74. The molecule has 0 rings (SSSR count). The van der Waals surface area contributed by atoms with Crippen LogP contribution in [-0.2, 0) is 4.79 Å². The summed E-state index contributed by atoms with van der Waals surface area (Å²) in [5.74, 6) is 0.564. The average Bonchev–Trinajstić information content (AvgIpc) is 2.22. The van der Waals surface area contributed by atoms with Gasteiger partial charge in [0.1, 0.15) is 5.84 Å². The number of carbonyl (C=O) groups is 1. The monoisotopic (exact) mass is 215 g/mol. The van der Waals surface area contributed by atoms with Gasteiger partial charge in [-0.3, -0.25) is 4.79 Å². The minimum atomic E-state index is 0.00212. The Hall–Kier alpha value is -1.26. The Morgan fingerprint density at radius 1 is 1.47 bits per heavy atom. The van der Waals surface area contributed by atoms with Crippen molar-refractivity contribution in [3.05, 3.63) is 0 Å². The van der Waals surface area contributed by atoms with Crippen molar-refractivity contribution in [2.24, 2.45) is 22.7 Å². The Labute approximate surface area is 90.9 Å². The first kappa shape index (κ1) is 13.7. The molecule has 0 aliphatic rings. The zero-order valence-electron chi connectivity index (χ0n) is 9.90. The standard InChI is InChI=1S/C10H21N3O2/c1-7(2)8(3)10(14)13(4)6-5-9(11)12-15/h7-8,15H,5-6H2,1-4H3,(H2,11,12). The second kappa shape index (κ2) is 6.27. The quantitative estimate of drug-likeness (QED) is 0.309. The van der Waals surface area contributed by atoms with Crippen LogP contribution in [0.1, 0.15) is 27.2 Å². The van der Waals surface area contributed by atoms with Crippen molar-refractivity contribution in [1.82, 2.24) is 4.90 Å². The third-order valence-electron chi connectivity index (χ3n) is 2.60. The third-order valence-corrected chi connectivity index (χ3v) is 2.60. The third kappa shape index (κ3) is 4.67. The van der Waals surface area contributed by atoms with Crippen LogP contribution in [0.3, 0.4) is 0 Å². The molecule has 1 amide bonds. The number of nitrogens with zero attached hydrogens (tertiary/aromatic N) is 2. The van der Waals surface area contributed by atoms with E-state index >= 15 is 0 Å².